The minimum Gasteiger partial charge on any atom is -0.506 e. The van der Waals surface area contributed by atoms with Crippen molar-refractivity contribution >= 4 is 23.3 Å². The molecule has 1 atom stereocenters. The van der Waals surface area contributed by atoms with Crippen LogP contribution in [-0.4, -0.2) is 27.8 Å². The summed E-state index contributed by atoms with van der Waals surface area (Å²) in [6, 6.07) is 11.1. The maximum Gasteiger partial charge on any atom is 0.248 e. The van der Waals surface area contributed by atoms with Crippen LogP contribution in [0.3, 0.4) is 0 Å². The second kappa shape index (κ2) is 9.21. The van der Waals surface area contributed by atoms with Gasteiger partial charge in [0.2, 0.25) is 5.56 Å². The monoisotopic (exact) mass is 428 g/mol. The first-order valence-electron chi connectivity index (χ1n) is 10.4. The summed E-state index contributed by atoms with van der Waals surface area (Å²) >= 11 is 0. The van der Waals surface area contributed by atoms with Crippen molar-refractivity contribution in [2.24, 2.45) is 0 Å². The molecule has 4 rings (SSSR count). The van der Waals surface area contributed by atoms with Gasteiger partial charge in [-0.1, -0.05) is 32.0 Å². The predicted molar refractivity (Wildman–Crippen MR) is 123 cm³/mol. The Bertz CT molecular complexity index is 1080. The van der Waals surface area contributed by atoms with Crippen LogP contribution in [0.1, 0.15) is 47.8 Å². The highest BCUT2D eigenvalue weighted by Gasteiger charge is 2.26. The van der Waals surface area contributed by atoms with E-state index in [9.17, 15) is 15.0 Å². The second-order valence-electron chi connectivity index (χ2n) is 7.86. The lowest BCUT2D eigenvalue weighted by Crippen LogP contribution is -2.33. The lowest BCUT2D eigenvalue weighted by atomic mass is 9.96. The lowest BCUT2D eigenvalue weighted by molar-refractivity contribution is 0.171. The number of aryl methyl sites for hydroxylation is 2. The average Bonchev–Trinajstić information content (AvgIpc) is 3.16. The number of fused-ring (bicyclic) bond motifs is 2. The quantitative estimate of drug-likeness (QED) is 0.483. The Hall–Kier alpha value is -2.34. The van der Waals surface area contributed by atoms with E-state index in [1.165, 1.54) is 34.4 Å². The van der Waals surface area contributed by atoms with Gasteiger partial charge in [0.25, 0.3) is 0 Å². The fraction of sp³-hybridized carbons (Fsp3) is 0.375. The van der Waals surface area contributed by atoms with Crippen LogP contribution in [0.15, 0.2) is 41.2 Å². The van der Waals surface area contributed by atoms with Crippen molar-refractivity contribution in [2.75, 3.05) is 6.54 Å². The highest BCUT2D eigenvalue weighted by Crippen LogP contribution is 2.31. The second-order valence-corrected chi connectivity index (χ2v) is 7.86. The first-order valence-corrected chi connectivity index (χ1v) is 10.4. The third-order valence-electron chi connectivity index (χ3n) is 6.15. The molecule has 160 valence electrons. The molecule has 1 aromatic heterocycles. The number of benzene rings is 2. The average molecular weight is 429 g/mol. The lowest BCUT2D eigenvalue weighted by Gasteiger charge is -2.18. The standard InChI is InChI=1S/C24H28N2O3.ClH/c1-3-14-5-6-15(4-2)20-12-16(11-19(14)20)25-13-22(28)17-7-9-21(27)24-18(17)8-10-23(29)26-24;/h5-10,16,22,25,27-28H,3-4,11-13H2,1-2H3,(H,26,29);1H. The number of pyridine rings is 1. The first kappa shape index (κ1) is 22.3. The van der Waals surface area contributed by atoms with E-state index in [0.717, 1.165) is 25.7 Å². The Morgan fingerprint density at radius 2 is 1.67 bits per heavy atom. The van der Waals surface area contributed by atoms with Gasteiger partial charge >= 0.3 is 0 Å². The van der Waals surface area contributed by atoms with E-state index in [2.05, 4.69) is 36.3 Å². The van der Waals surface area contributed by atoms with Crippen LogP contribution < -0.4 is 10.9 Å². The van der Waals surface area contributed by atoms with Crippen LogP contribution in [0.2, 0.25) is 0 Å². The number of aromatic hydroxyl groups is 1. The summed E-state index contributed by atoms with van der Waals surface area (Å²) in [4.78, 5) is 14.2. The maximum absolute atomic E-state index is 11.6. The van der Waals surface area contributed by atoms with Crippen LogP contribution >= 0.6 is 12.4 Å². The molecule has 3 aromatic rings. The first-order chi connectivity index (χ1) is 14.0. The zero-order valence-electron chi connectivity index (χ0n) is 17.4. The fourth-order valence-corrected chi connectivity index (χ4v) is 4.61. The molecule has 0 aliphatic heterocycles. The molecule has 0 bridgehead atoms. The Labute approximate surface area is 182 Å². The molecular weight excluding hydrogens is 400 g/mol. The van der Waals surface area contributed by atoms with Gasteiger partial charge in [0.05, 0.1) is 11.6 Å². The van der Waals surface area contributed by atoms with E-state index in [-0.39, 0.29) is 23.7 Å². The number of aromatic nitrogens is 1. The number of aromatic amines is 1. The Morgan fingerprint density at radius 3 is 2.27 bits per heavy atom. The molecule has 0 fully saturated rings. The van der Waals surface area contributed by atoms with Crippen LogP contribution in [0.5, 0.6) is 5.75 Å². The van der Waals surface area contributed by atoms with Gasteiger partial charge < -0.3 is 20.5 Å². The van der Waals surface area contributed by atoms with Gasteiger partial charge in [-0.3, -0.25) is 4.79 Å². The summed E-state index contributed by atoms with van der Waals surface area (Å²) in [7, 11) is 0. The summed E-state index contributed by atoms with van der Waals surface area (Å²) in [6.45, 7) is 4.82. The van der Waals surface area contributed by atoms with Crippen molar-refractivity contribution in [3.63, 3.8) is 0 Å². The van der Waals surface area contributed by atoms with Gasteiger partial charge in [0.1, 0.15) is 5.75 Å². The maximum atomic E-state index is 11.6. The molecule has 0 spiro atoms. The van der Waals surface area contributed by atoms with Gasteiger partial charge in [-0.25, -0.2) is 0 Å². The van der Waals surface area contributed by atoms with E-state index in [4.69, 9.17) is 0 Å². The molecule has 0 radical (unpaired) electrons. The van der Waals surface area contributed by atoms with Gasteiger partial charge in [0, 0.05) is 24.0 Å². The molecule has 0 amide bonds. The molecular formula is C24H29ClN2O3. The number of phenols is 1. The van der Waals surface area contributed by atoms with Crippen LogP contribution in [0.4, 0.5) is 0 Å². The number of rotatable bonds is 6. The van der Waals surface area contributed by atoms with Crippen LogP contribution in [0.25, 0.3) is 10.9 Å². The number of hydrogen-bond donors (Lipinski definition) is 4. The predicted octanol–water partition coefficient (Wildman–Crippen LogP) is 3.57. The van der Waals surface area contributed by atoms with E-state index < -0.39 is 6.10 Å². The minimum atomic E-state index is -0.732. The molecule has 1 aliphatic carbocycles. The van der Waals surface area contributed by atoms with Crippen molar-refractivity contribution in [1.82, 2.24) is 10.3 Å². The largest absolute Gasteiger partial charge is 0.506 e. The minimum absolute atomic E-state index is 0. The van der Waals surface area contributed by atoms with Crippen LogP contribution in [-0.2, 0) is 25.7 Å². The molecule has 1 unspecified atom stereocenters. The van der Waals surface area contributed by atoms with Gasteiger partial charge in [-0.2, -0.15) is 0 Å². The number of H-pyrrole nitrogens is 1. The van der Waals surface area contributed by atoms with E-state index in [0.29, 0.717) is 29.1 Å². The summed E-state index contributed by atoms with van der Waals surface area (Å²) in [6.07, 6.45) is 3.33. The molecule has 1 heterocycles. The summed E-state index contributed by atoms with van der Waals surface area (Å²) in [5, 5.41) is 25.1. The number of halogens is 1. The molecule has 5 nitrogen and oxygen atoms in total. The number of phenolic OH excluding ortho intramolecular Hbond substituents is 1. The molecule has 0 saturated carbocycles. The van der Waals surface area contributed by atoms with Crippen LogP contribution in [0, 0.1) is 0 Å². The highest BCUT2D eigenvalue weighted by molar-refractivity contribution is 5.87. The number of aliphatic hydroxyl groups excluding tert-OH is 1. The van der Waals surface area contributed by atoms with Crippen molar-refractivity contribution < 1.29 is 10.2 Å². The molecule has 30 heavy (non-hydrogen) atoms. The molecule has 6 heteroatoms. The van der Waals surface area contributed by atoms with Gasteiger partial charge in [-0.15, -0.1) is 12.4 Å². The Balaban J connectivity index is 0.00000256. The van der Waals surface area contributed by atoms with E-state index in [1.807, 2.05) is 0 Å². The number of hydrogen-bond acceptors (Lipinski definition) is 4. The summed E-state index contributed by atoms with van der Waals surface area (Å²) in [5.74, 6) is 0.00652. The van der Waals surface area contributed by atoms with Crippen molar-refractivity contribution in [3.05, 3.63) is 74.6 Å². The zero-order chi connectivity index (χ0) is 20.5. The number of nitrogens with one attached hydrogen (secondary N) is 2. The molecule has 2 aromatic carbocycles. The van der Waals surface area contributed by atoms with Gasteiger partial charge in [-0.05, 0) is 65.6 Å². The normalized spacial score (nSPS) is 14.5. The van der Waals surface area contributed by atoms with Gasteiger partial charge in [0.15, 0.2) is 0 Å². The Morgan fingerprint density at radius 1 is 1.03 bits per heavy atom. The summed E-state index contributed by atoms with van der Waals surface area (Å²) in [5.41, 5.74) is 6.59. The van der Waals surface area contributed by atoms with E-state index >= 15 is 0 Å². The smallest absolute Gasteiger partial charge is 0.248 e. The number of aliphatic hydroxyl groups is 1. The third-order valence-corrected chi connectivity index (χ3v) is 6.15. The molecule has 0 saturated heterocycles. The molecule has 1 aliphatic rings. The Kier molecular flexibility index (Phi) is 6.86. The summed E-state index contributed by atoms with van der Waals surface area (Å²) < 4.78 is 0. The van der Waals surface area contributed by atoms with Crippen molar-refractivity contribution in [3.8, 4) is 5.75 Å². The van der Waals surface area contributed by atoms with Crippen molar-refractivity contribution in [2.45, 2.75) is 51.7 Å². The highest BCUT2D eigenvalue weighted by atomic mass is 35.5. The fourth-order valence-electron chi connectivity index (χ4n) is 4.61. The topological polar surface area (TPSA) is 85.3 Å². The van der Waals surface area contributed by atoms with E-state index in [1.54, 1.807) is 12.1 Å². The van der Waals surface area contributed by atoms with Crippen molar-refractivity contribution in [1.29, 1.82) is 0 Å². The SMILES string of the molecule is CCc1ccc(CC)c2c1CC(NCC(O)c1ccc(O)c3[nH]c(=O)ccc13)C2.Cl. The zero-order valence-corrected chi connectivity index (χ0v) is 18.2. The third kappa shape index (κ3) is 4.10. The molecule has 4 N–H and O–H groups in total.